The van der Waals surface area contributed by atoms with E-state index in [0.29, 0.717) is 6.61 Å². The van der Waals surface area contributed by atoms with Crippen LogP contribution in [0.15, 0.2) is 47.2 Å². The normalized spacial score (nSPS) is 12.2. The first-order chi connectivity index (χ1) is 9.72. The number of pyridine rings is 1. The van der Waals surface area contributed by atoms with Crippen LogP contribution in [0.1, 0.15) is 24.1 Å². The summed E-state index contributed by atoms with van der Waals surface area (Å²) in [5.41, 5.74) is 2.42. The zero-order valence-corrected chi connectivity index (χ0v) is 13.4. The van der Waals surface area contributed by atoms with Gasteiger partial charge in [-0.15, -0.1) is 0 Å². The van der Waals surface area contributed by atoms with Gasteiger partial charge >= 0.3 is 0 Å². The summed E-state index contributed by atoms with van der Waals surface area (Å²) < 4.78 is 6.62. The summed E-state index contributed by atoms with van der Waals surface area (Å²) in [6, 6.07) is 10.6. The Morgan fingerprint density at radius 1 is 1.30 bits per heavy atom. The van der Waals surface area contributed by atoms with Gasteiger partial charge in [0.1, 0.15) is 5.75 Å². The third-order valence-electron chi connectivity index (χ3n) is 3.12. The molecule has 20 heavy (non-hydrogen) atoms. The summed E-state index contributed by atoms with van der Waals surface area (Å²) in [6.07, 6.45) is 4.55. The van der Waals surface area contributed by atoms with Crippen LogP contribution in [0.5, 0.6) is 5.75 Å². The Labute approximate surface area is 128 Å². The standard InChI is InChI=1S/C16H19BrN2O/c1-3-20-15-9-13(10-19-11-15)16(18-2)8-12-5-4-6-14(17)7-12/h4-7,9-11,16,18H,3,8H2,1-2H3. The molecule has 4 heteroatoms. The fourth-order valence-corrected chi connectivity index (χ4v) is 2.60. The summed E-state index contributed by atoms with van der Waals surface area (Å²) in [5.74, 6) is 0.819. The van der Waals surface area contributed by atoms with E-state index in [4.69, 9.17) is 4.74 Å². The molecule has 1 atom stereocenters. The summed E-state index contributed by atoms with van der Waals surface area (Å²) in [7, 11) is 1.97. The Bertz CT molecular complexity index is 560. The van der Waals surface area contributed by atoms with Crippen molar-refractivity contribution in [2.45, 2.75) is 19.4 Å². The van der Waals surface area contributed by atoms with Gasteiger partial charge < -0.3 is 10.1 Å². The average molecular weight is 335 g/mol. The van der Waals surface area contributed by atoms with E-state index < -0.39 is 0 Å². The molecule has 106 valence electrons. The largest absolute Gasteiger partial charge is 0.492 e. The first-order valence-electron chi connectivity index (χ1n) is 6.72. The third-order valence-corrected chi connectivity index (χ3v) is 3.62. The molecule has 1 aromatic carbocycles. The molecule has 0 aliphatic rings. The number of likely N-dealkylation sites (N-methyl/N-ethyl adjacent to an activating group) is 1. The highest BCUT2D eigenvalue weighted by Gasteiger charge is 2.11. The van der Waals surface area contributed by atoms with Gasteiger partial charge in [0.25, 0.3) is 0 Å². The molecule has 0 amide bonds. The molecule has 0 aliphatic heterocycles. The lowest BCUT2D eigenvalue weighted by atomic mass is 10.0. The van der Waals surface area contributed by atoms with Crippen molar-refractivity contribution in [3.8, 4) is 5.75 Å². The smallest absolute Gasteiger partial charge is 0.137 e. The Hall–Kier alpha value is -1.39. The Balaban J connectivity index is 2.17. The molecule has 2 rings (SSSR count). The van der Waals surface area contributed by atoms with E-state index in [0.717, 1.165) is 22.2 Å². The molecule has 0 fully saturated rings. The van der Waals surface area contributed by atoms with Gasteiger partial charge in [0.05, 0.1) is 12.8 Å². The summed E-state index contributed by atoms with van der Waals surface area (Å²) in [6.45, 7) is 2.63. The van der Waals surface area contributed by atoms with E-state index in [1.54, 1.807) is 6.20 Å². The molecule has 0 aliphatic carbocycles. The topological polar surface area (TPSA) is 34.1 Å². The first-order valence-corrected chi connectivity index (χ1v) is 7.51. The quantitative estimate of drug-likeness (QED) is 0.873. The van der Waals surface area contributed by atoms with Crippen LogP contribution in [0.4, 0.5) is 0 Å². The van der Waals surface area contributed by atoms with Crippen LogP contribution in [0.3, 0.4) is 0 Å². The van der Waals surface area contributed by atoms with Crippen molar-refractivity contribution >= 4 is 15.9 Å². The van der Waals surface area contributed by atoms with Crippen LogP contribution < -0.4 is 10.1 Å². The molecule has 0 spiro atoms. The Morgan fingerprint density at radius 2 is 2.15 bits per heavy atom. The number of ether oxygens (including phenoxy) is 1. The minimum absolute atomic E-state index is 0.220. The number of hydrogen-bond donors (Lipinski definition) is 1. The van der Waals surface area contributed by atoms with Crippen LogP contribution in [-0.4, -0.2) is 18.6 Å². The average Bonchev–Trinajstić information content (AvgIpc) is 2.45. The van der Waals surface area contributed by atoms with E-state index >= 15 is 0 Å². The molecule has 0 radical (unpaired) electrons. The second kappa shape index (κ2) is 7.41. The number of hydrogen-bond acceptors (Lipinski definition) is 3. The molecule has 1 aromatic heterocycles. The van der Waals surface area contributed by atoms with Crippen LogP contribution >= 0.6 is 15.9 Å². The van der Waals surface area contributed by atoms with Crippen molar-refractivity contribution in [3.63, 3.8) is 0 Å². The van der Waals surface area contributed by atoms with Crippen LogP contribution in [0.2, 0.25) is 0 Å². The first kappa shape index (κ1) is 15.0. The summed E-state index contributed by atoms with van der Waals surface area (Å²) in [5, 5.41) is 3.34. The zero-order valence-electron chi connectivity index (χ0n) is 11.8. The van der Waals surface area contributed by atoms with Gasteiger partial charge in [-0.25, -0.2) is 0 Å². The highest BCUT2D eigenvalue weighted by Crippen LogP contribution is 2.22. The lowest BCUT2D eigenvalue weighted by Gasteiger charge is -2.17. The van der Waals surface area contributed by atoms with Crippen molar-refractivity contribution < 1.29 is 4.74 Å². The highest BCUT2D eigenvalue weighted by atomic mass is 79.9. The lowest BCUT2D eigenvalue weighted by molar-refractivity contribution is 0.338. The van der Waals surface area contributed by atoms with Crippen molar-refractivity contribution in [2.24, 2.45) is 0 Å². The molecule has 1 heterocycles. The third kappa shape index (κ3) is 4.05. The van der Waals surface area contributed by atoms with Gasteiger partial charge in [-0.1, -0.05) is 28.1 Å². The van der Waals surface area contributed by atoms with Gasteiger partial charge in [-0.05, 0) is 49.7 Å². The fraction of sp³-hybridized carbons (Fsp3) is 0.312. The second-order valence-corrected chi connectivity index (χ2v) is 5.48. The zero-order chi connectivity index (χ0) is 14.4. The Kier molecular flexibility index (Phi) is 5.56. The highest BCUT2D eigenvalue weighted by molar-refractivity contribution is 9.10. The molecule has 3 nitrogen and oxygen atoms in total. The molecule has 2 aromatic rings. The van der Waals surface area contributed by atoms with Gasteiger partial charge in [-0.3, -0.25) is 4.98 Å². The molecular formula is C16H19BrN2O. The van der Waals surface area contributed by atoms with E-state index in [1.807, 2.05) is 26.2 Å². The predicted molar refractivity (Wildman–Crippen MR) is 85.1 cm³/mol. The fourth-order valence-electron chi connectivity index (χ4n) is 2.16. The number of rotatable bonds is 6. The van der Waals surface area contributed by atoms with E-state index in [9.17, 15) is 0 Å². The minimum atomic E-state index is 0.220. The maximum atomic E-state index is 5.51. The predicted octanol–water partition coefficient (Wildman–Crippen LogP) is 3.75. The summed E-state index contributed by atoms with van der Waals surface area (Å²) >= 11 is 3.51. The minimum Gasteiger partial charge on any atom is -0.492 e. The van der Waals surface area contributed by atoms with Crippen molar-refractivity contribution in [2.75, 3.05) is 13.7 Å². The maximum absolute atomic E-state index is 5.51. The molecule has 0 saturated carbocycles. The molecule has 0 saturated heterocycles. The van der Waals surface area contributed by atoms with E-state index in [2.05, 4.69) is 50.5 Å². The van der Waals surface area contributed by atoms with Gasteiger partial charge in [0.15, 0.2) is 0 Å². The van der Waals surface area contributed by atoms with Crippen molar-refractivity contribution in [1.29, 1.82) is 0 Å². The monoisotopic (exact) mass is 334 g/mol. The molecule has 1 N–H and O–H groups in total. The number of nitrogens with zero attached hydrogens (tertiary/aromatic N) is 1. The van der Waals surface area contributed by atoms with Gasteiger partial charge in [-0.2, -0.15) is 0 Å². The maximum Gasteiger partial charge on any atom is 0.137 e. The van der Waals surface area contributed by atoms with Crippen molar-refractivity contribution in [1.82, 2.24) is 10.3 Å². The number of halogens is 1. The molecule has 1 unspecified atom stereocenters. The van der Waals surface area contributed by atoms with E-state index in [-0.39, 0.29) is 6.04 Å². The number of aromatic nitrogens is 1. The van der Waals surface area contributed by atoms with E-state index in [1.165, 1.54) is 5.56 Å². The van der Waals surface area contributed by atoms with Crippen LogP contribution in [0, 0.1) is 0 Å². The van der Waals surface area contributed by atoms with Crippen LogP contribution in [-0.2, 0) is 6.42 Å². The van der Waals surface area contributed by atoms with Crippen molar-refractivity contribution in [3.05, 3.63) is 58.3 Å². The molecule has 0 bridgehead atoms. The Morgan fingerprint density at radius 3 is 2.85 bits per heavy atom. The second-order valence-electron chi connectivity index (χ2n) is 4.56. The molecular weight excluding hydrogens is 316 g/mol. The number of nitrogens with one attached hydrogen (secondary N) is 1. The SMILES string of the molecule is CCOc1cncc(C(Cc2cccc(Br)c2)NC)c1. The van der Waals surface area contributed by atoms with Crippen LogP contribution in [0.25, 0.3) is 0 Å². The van der Waals surface area contributed by atoms with Gasteiger partial charge in [0, 0.05) is 16.7 Å². The van der Waals surface area contributed by atoms with Gasteiger partial charge in [0.2, 0.25) is 0 Å². The summed E-state index contributed by atoms with van der Waals surface area (Å²) in [4.78, 5) is 4.26. The number of benzene rings is 1. The lowest BCUT2D eigenvalue weighted by Crippen LogP contribution is -2.19.